The summed E-state index contributed by atoms with van der Waals surface area (Å²) in [4.78, 5) is 3.93. The quantitative estimate of drug-likeness (QED) is 0.768. The van der Waals surface area contributed by atoms with Gasteiger partial charge in [-0.15, -0.1) is 0 Å². The predicted molar refractivity (Wildman–Crippen MR) is 52.7 cm³/mol. The molecule has 2 nitrogen and oxygen atoms in total. The molecule has 0 fully saturated rings. The molecular formula is C8H9BrClNO. The second kappa shape index (κ2) is 4.67. The van der Waals surface area contributed by atoms with Gasteiger partial charge in [-0.1, -0.05) is 18.5 Å². The van der Waals surface area contributed by atoms with Crippen molar-refractivity contribution in [3.63, 3.8) is 0 Å². The van der Waals surface area contributed by atoms with Gasteiger partial charge in [0.05, 0.1) is 6.61 Å². The molecule has 12 heavy (non-hydrogen) atoms. The summed E-state index contributed by atoms with van der Waals surface area (Å²) < 4.78 is 6.22. The van der Waals surface area contributed by atoms with Crippen LogP contribution in [-0.2, 0) is 0 Å². The van der Waals surface area contributed by atoms with E-state index in [1.807, 2.05) is 13.0 Å². The van der Waals surface area contributed by atoms with Crippen LogP contribution in [0.1, 0.15) is 13.3 Å². The van der Waals surface area contributed by atoms with Gasteiger partial charge in [-0.2, -0.15) is 0 Å². The fourth-order valence-electron chi connectivity index (χ4n) is 0.717. The molecule has 0 atom stereocenters. The minimum absolute atomic E-state index is 0.409. The largest absolute Gasteiger partial charge is 0.490 e. The highest BCUT2D eigenvalue weighted by atomic mass is 79.9. The molecular weight excluding hydrogens is 241 g/mol. The normalized spacial score (nSPS) is 9.92. The van der Waals surface area contributed by atoms with Crippen LogP contribution in [0.25, 0.3) is 0 Å². The zero-order chi connectivity index (χ0) is 8.97. The molecule has 0 spiro atoms. The maximum absolute atomic E-state index is 5.78. The highest BCUT2D eigenvalue weighted by molar-refractivity contribution is 9.10. The van der Waals surface area contributed by atoms with Crippen molar-refractivity contribution in [3.8, 4) is 5.75 Å². The lowest BCUT2D eigenvalue weighted by atomic mass is 10.4. The smallest absolute Gasteiger partial charge is 0.171 e. The minimum Gasteiger partial charge on any atom is -0.490 e. The molecule has 1 aromatic heterocycles. The Morgan fingerprint density at radius 1 is 1.67 bits per heavy atom. The van der Waals surface area contributed by atoms with E-state index in [0.717, 1.165) is 10.9 Å². The first kappa shape index (κ1) is 9.81. The molecule has 0 aliphatic heterocycles. The Bertz CT molecular complexity index is 267. The van der Waals surface area contributed by atoms with E-state index in [9.17, 15) is 0 Å². The SMILES string of the molecule is CCCOc1cc(Br)cnc1Cl. The standard InChI is InChI=1S/C8H9BrClNO/c1-2-3-12-7-4-6(9)5-11-8(7)10/h4-5H,2-3H2,1H3. The summed E-state index contributed by atoms with van der Waals surface area (Å²) in [5.74, 6) is 0.632. The number of halogens is 2. The summed E-state index contributed by atoms with van der Waals surface area (Å²) in [6.07, 6.45) is 2.60. The topological polar surface area (TPSA) is 22.1 Å². The molecule has 0 aliphatic rings. The summed E-state index contributed by atoms with van der Waals surface area (Å²) in [6, 6.07) is 1.81. The fraction of sp³-hybridized carbons (Fsp3) is 0.375. The number of nitrogens with zero attached hydrogens (tertiary/aromatic N) is 1. The minimum atomic E-state index is 0.409. The van der Waals surface area contributed by atoms with Crippen molar-refractivity contribution in [2.75, 3.05) is 6.61 Å². The molecule has 0 amide bonds. The van der Waals surface area contributed by atoms with Gasteiger partial charge in [0.25, 0.3) is 0 Å². The van der Waals surface area contributed by atoms with Crippen molar-refractivity contribution >= 4 is 27.5 Å². The number of pyridine rings is 1. The van der Waals surface area contributed by atoms with Crippen LogP contribution < -0.4 is 4.74 Å². The monoisotopic (exact) mass is 249 g/mol. The summed E-state index contributed by atoms with van der Waals surface area (Å²) in [7, 11) is 0. The van der Waals surface area contributed by atoms with Crippen LogP contribution in [0.2, 0.25) is 5.15 Å². The molecule has 4 heteroatoms. The first-order valence-electron chi connectivity index (χ1n) is 3.68. The molecule has 0 N–H and O–H groups in total. The zero-order valence-electron chi connectivity index (χ0n) is 6.68. The van der Waals surface area contributed by atoms with Crippen LogP contribution in [0.5, 0.6) is 5.75 Å². The lowest BCUT2D eigenvalue weighted by Crippen LogP contribution is -1.96. The Labute approximate surface area is 85.0 Å². The summed E-state index contributed by atoms with van der Waals surface area (Å²) in [5, 5.41) is 0.409. The Balaban J connectivity index is 2.75. The molecule has 0 saturated carbocycles. The van der Waals surface area contributed by atoms with Gasteiger partial charge in [-0.25, -0.2) is 4.98 Å². The van der Waals surface area contributed by atoms with Gasteiger partial charge < -0.3 is 4.74 Å². The van der Waals surface area contributed by atoms with Gasteiger partial charge in [-0.05, 0) is 28.4 Å². The molecule has 0 bridgehead atoms. The zero-order valence-corrected chi connectivity index (χ0v) is 9.02. The lowest BCUT2D eigenvalue weighted by Gasteiger charge is -2.05. The second-order valence-electron chi connectivity index (χ2n) is 2.29. The number of aromatic nitrogens is 1. The predicted octanol–water partition coefficient (Wildman–Crippen LogP) is 3.29. The van der Waals surface area contributed by atoms with Gasteiger partial charge in [0.15, 0.2) is 10.9 Å². The average molecular weight is 251 g/mol. The van der Waals surface area contributed by atoms with E-state index >= 15 is 0 Å². The van der Waals surface area contributed by atoms with Gasteiger partial charge in [-0.3, -0.25) is 0 Å². The van der Waals surface area contributed by atoms with Crippen LogP contribution in [0.15, 0.2) is 16.7 Å². The Morgan fingerprint density at radius 2 is 2.42 bits per heavy atom. The van der Waals surface area contributed by atoms with E-state index in [1.54, 1.807) is 6.20 Å². The first-order chi connectivity index (χ1) is 5.74. The Morgan fingerprint density at radius 3 is 3.08 bits per heavy atom. The third-order valence-corrected chi connectivity index (χ3v) is 1.95. The number of hydrogen-bond donors (Lipinski definition) is 0. The average Bonchev–Trinajstić information content (AvgIpc) is 2.07. The van der Waals surface area contributed by atoms with Crippen LogP contribution in [0.4, 0.5) is 0 Å². The second-order valence-corrected chi connectivity index (χ2v) is 3.56. The number of hydrogen-bond acceptors (Lipinski definition) is 2. The summed E-state index contributed by atoms with van der Waals surface area (Å²) >= 11 is 9.06. The first-order valence-corrected chi connectivity index (χ1v) is 4.85. The Kier molecular flexibility index (Phi) is 3.82. The maximum atomic E-state index is 5.78. The molecule has 0 saturated heterocycles. The van der Waals surface area contributed by atoms with E-state index in [0.29, 0.717) is 17.5 Å². The van der Waals surface area contributed by atoms with E-state index in [4.69, 9.17) is 16.3 Å². The third kappa shape index (κ3) is 2.64. The highest BCUT2D eigenvalue weighted by Crippen LogP contribution is 2.25. The van der Waals surface area contributed by atoms with Crippen molar-refractivity contribution in [2.45, 2.75) is 13.3 Å². The molecule has 0 unspecified atom stereocenters. The van der Waals surface area contributed by atoms with Gasteiger partial charge in [0.2, 0.25) is 0 Å². The molecule has 1 rings (SSSR count). The van der Waals surface area contributed by atoms with Crippen molar-refractivity contribution in [3.05, 3.63) is 21.9 Å². The molecule has 0 radical (unpaired) electrons. The van der Waals surface area contributed by atoms with Crippen LogP contribution in [0, 0.1) is 0 Å². The Hall–Kier alpha value is -0.280. The van der Waals surface area contributed by atoms with Crippen molar-refractivity contribution in [2.24, 2.45) is 0 Å². The molecule has 0 aliphatic carbocycles. The van der Waals surface area contributed by atoms with Crippen molar-refractivity contribution < 1.29 is 4.74 Å². The highest BCUT2D eigenvalue weighted by Gasteiger charge is 2.02. The summed E-state index contributed by atoms with van der Waals surface area (Å²) in [6.45, 7) is 2.71. The van der Waals surface area contributed by atoms with Crippen molar-refractivity contribution in [1.29, 1.82) is 0 Å². The summed E-state index contributed by atoms with van der Waals surface area (Å²) in [5.41, 5.74) is 0. The molecule has 1 aromatic rings. The molecule has 1 heterocycles. The van der Waals surface area contributed by atoms with E-state index in [2.05, 4.69) is 20.9 Å². The van der Waals surface area contributed by atoms with E-state index < -0.39 is 0 Å². The fourth-order valence-corrected chi connectivity index (χ4v) is 1.19. The van der Waals surface area contributed by atoms with E-state index in [1.165, 1.54) is 0 Å². The maximum Gasteiger partial charge on any atom is 0.171 e. The van der Waals surface area contributed by atoms with Crippen LogP contribution in [0.3, 0.4) is 0 Å². The van der Waals surface area contributed by atoms with Gasteiger partial charge >= 0.3 is 0 Å². The number of ether oxygens (including phenoxy) is 1. The van der Waals surface area contributed by atoms with Gasteiger partial charge in [0, 0.05) is 10.7 Å². The van der Waals surface area contributed by atoms with Crippen LogP contribution in [-0.4, -0.2) is 11.6 Å². The number of rotatable bonds is 3. The van der Waals surface area contributed by atoms with Gasteiger partial charge in [0.1, 0.15) is 0 Å². The molecule has 0 aromatic carbocycles. The van der Waals surface area contributed by atoms with E-state index in [-0.39, 0.29) is 0 Å². The lowest BCUT2D eigenvalue weighted by molar-refractivity contribution is 0.316. The molecule has 66 valence electrons. The van der Waals surface area contributed by atoms with Crippen molar-refractivity contribution in [1.82, 2.24) is 4.98 Å². The third-order valence-electron chi connectivity index (χ3n) is 1.24. The van der Waals surface area contributed by atoms with Crippen LogP contribution >= 0.6 is 27.5 Å².